The second-order valence-electron chi connectivity index (χ2n) is 4.53. The van der Waals surface area contributed by atoms with Gasteiger partial charge in [0, 0.05) is 6.08 Å². The maximum absolute atomic E-state index is 12.1. The van der Waals surface area contributed by atoms with Gasteiger partial charge in [0.2, 0.25) is 5.91 Å². The van der Waals surface area contributed by atoms with Crippen molar-refractivity contribution < 1.29 is 22.7 Å². The van der Waals surface area contributed by atoms with E-state index >= 15 is 0 Å². The molecule has 0 saturated heterocycles. The lowest BCUT2D eigenvalue weighted by Crippen LogP contribution is -2.24. The van der Waals surface area contributed by atoms with Crippen LogP contribution in [0.4, 0.5) is 8.78 Å². The van der Waals surface area contributed by atoms with Crippen LogP contribution >= 0.6 is 0 Å². The summed E-state index contributed by atoms with van der Waals surface area (Å²) in [6.45, 7) is -1.06. The Morgan fingerprint density at radius 1 is 1.27 bits per heavy atom. The summed E-state index contributed by atoms with van der Waals surface area (Å²) in [5.74, 6) is 0.378. The quantitative estimate of drug-likeness (QED) is 0.826. The van der Waals surface area contributed by atoms with Crippen molar-refractivity contribution >= 4 is 12.0 Å². The Hall–Kier alpha value is -2.63. The van der Waals surface area contributed by atoms with Crippen LogP contribution in [0.3, 0.4) is 0 Å². The lowest BCUT2D eigenvalue weighted by molar-refractivity contribution is -0.117. The number of carbonyl (C=O) groups excluding carboxylic acids is 1. The fourth-order valence-electron chi connectivity index (χ4n) is 1.83. The van der Waals surface area contributed by atoms with Crippen molar-refractivity contribution in [1.29, 1.82) is 0 Å². The zero-order valence-corrected chi connectivity index (χ0v) is 11.8. The predicted molar refractivity (Wildman–Crippen MR) is 77.4 cm³/mol. The molecule has 0 radical (unpaired) electrons. The lowest BCUT2D eigenvalue weighted by Gasteiger charge is -2.13. The maximum Gasteiger partial charge on any atom is 0.387 e. The number of ether oxygens (including phenoxy) is 1. The van der Waals surface area contributed by atoms with Gasteiger partial charge in [-0.25, -0.2) is 0 Å². The molecule has 0 unspecified atom stereocenters. The molecular weight excluding hydrogens is 292 g/mol. The van der Waals surface area contributed by atoms with Crippen LogP contribution in [0.2, 0.25) is 0 Å². The number of carbonyl (C=O) groups is 1. The summed E-state index contributed by atoms with van der Waals surface area (Å²) in [5, 5.41) is 2.76. The molecule has 0 spiro atoms. The van der Waals surface area contributed by atoms with Gasteiger partial charge in [0.15, 0.2) is 0 Å². The molecule has 0 aliphatic rings. The van der Waals surface area contributed by atoms with Crippen molar-refractivity contribution in [3.8, 4) is 5.75 Å². The number of furan rings is 1. The normalized spacial score (nSPS) is 12.5. The third-order valence-electron chi connectivity index (χ3n) is 2.91. The number of benzene rings is 1. The first-order valence-corrected chi connectivity index (χ1v) is 6.61. The predicted octanol–water partition coefficient (Wildman–Crippen LogP) is 3.77. The summed E-state index contributed by atoms with van der Waals surface area (Å²) < 4.78 is 33.5. The third-order valence-corrected chi connectivity index (χ3v) is 2.91. The minimum Gasteiger partial charge on any atom is -0.465 e. The van der Waals surface area contributed by atoms with Crippen molar-refractivity contribution in [3.05, 3.63) is 60.1 Å². The molecule has 116 valence electrons. The van der Waals surface area contributed by atoms with E-state index in [-0.39, 0.29) is 17.7 Å². The van der Waals surface area contributed by atoms with Gasteiger partial charge in [-0.3, -0.25) is 4.79 Å². The Bertz CT molecular complexity index is 621. The minimum absolute atomic E-state index is 0.0787. The van der Waals surface area contributed by atoms with Gasteiger partial charge in [0.1, 0.15) is 11.5 Å². The first-order chi connectivity index (χ1) is 10.5. The molecule has 22 heavy (non-hydrogen) atoms. The molecule has 2 aromatic rings. The van der Waals surface area contributed by atoms with E-state index in [0.29, 0.717) is 5.76 Å². The summed E-state index contributed by atoms with van der Waals surface area (Å²) in [6, 6.07) is 9.30. The van der Waals surface area contributed by atoms with Gasteiger partial charge in [-0.05, 0) is 42.8 Å². The number of halogens is 2. The van der Waals surface area contributed by atoms with Crippen molar-refractivity contribution in [2.45, 2.75) is 19.6 Å². The molecule has 1 N–H and O–H groups in total. The van der Waals surface area contributed by atoms with Crippen LogP contribution in [0, 0.1) is 0 Å². The van der Waals surface area contributed by atoms with E-state index in [4.69, 9.17) is 4.42 Å². The highest BCUT2D eigenvalue weighted by Crippen LogP contribution is 2.19. The monoisotopic (exact) mass is 307 g/mol. The summed E-state index contributed by atoms with van der Waals surface area (Å²) >= 11 is 0. The Kier molecular flexibility index (Phi) is 5.30. The number of hydrogen-bond acceptors (Lipinski definition) is 3. The number of hydrogen-bond donors (Lipinski definition) is 1. The Morgan fingerprint density at radius 2 is 2.00 bits per heavy atom. The second kappa shape index (κ2) is 7.40. The van der Waals surface area contributed by atoms with Crippen LogP contribution < -0.4 is 10.1 Å². The zero-order valence-electron chi connectivity index (χ0n) is 11.8. The number of rotatable bonds is 6. The van der Waals surface area contributed by atoms with Crippen molar-refractivity contribution in [2.75, 3.05) is 0 Å². The van der Waals surface area contributed by atoms with Crippen LogP contribution in [0.1, 0.15) is 24.3 Å². The smallest absolute Gasteiger partial charge is 0.387 e. The van der Waals surface area contributed by atoms with Crippen LogP contribution in [0.25, 0.3) is 6.08 Å². The van der Waals surface area contributed by atoms with Gasteiger partial charge in [-0.15, -0.1) is 0 Å². The first-order valence-electron chi connectivity index (χ1n) is 6.61. The topological polar surface area (TPSA) is 51.5 Å². The minimum atomic E-state index is -2.85. The molecule has 1 aromatic carbocycles. The highest BCUT2D eigenvalue weighted by atomic mass is 19.3. The van der Waals surface area contributed by atoms with Crippen LogP contribution in [0.15, 0.2) is 53.2 Å². The fraction of sp³-hybridized carbons (Fsp3) is 0.188. The second-order valence-corrected chi connectivity index (χ2v) is 4.53. The van der Waals surface area contributed by atoms with E-state index in [2.05, 4.69) is 10.1 Å². The molecule has 0 aliphatic carbocycles. The highest BCUT2D eigenvalue weighted by Gasteiger charge is 2.09. The Morgan fingerprint density at radius 3 is 2.59 bits per heavy atom. The SMILES string of the molecule is C[C@H](NC(=O)/C=C/c1ccco1)c1ccc(OC(F)F)cc1. The van der Waals surface area contributed by atoms with E-state index in [1.807, 2.05) is 0 Å². The Labute approximate surface area is 126 Å². The lowest BCUT2D eigenvalue weighted by atomic mass is 10.1. The van der Waals surface area contributed by atoms with Gasteiger partial charge in [0.05, 0.1) is 12.3 Å². The van der Waals surface area contributed by atoms with Crippen LogP contribution in [-0.4, -0.2) is 12.5 Å². The number of amides is 1. The molecule has 0 bridgehead atoms. The van der Waals surface area contributed by atoms with Crippen LogP contribution in [0.5, 0.6) is 5.75 Å². The average molecular weight is 307 g/mol. The van der Waals surface area contributed by atoms with Crippen molar-refractivity contribution in [2.24, 2.45) is 0 Å². The molecule has 1 atom stereocenters. The zero-order chi connectivity index (χ0) is 15.9. The standard InChI is InChI=1S/C16H15F2NO3/c1-11(12-4-6-14(7-5-12)22-16(17)18)19-15(20)9-8-13-3-2-10-21-13/h2-11,16H,1H3,(H,19,20)/b9-8+/t11-/m0/s1. The fourth-order valence-corrected chi connectivity index (χ4v) is 1.83. The molecular formula is C16H15F2NO3. The highest BCUT2D eigenvalue weighted by molar-refractivity contribution is 5.91. The molecule has 4 nitrogen and oxygen atoms in total. The van der Waals surface area contributed by atoms with Gasteiger partial charge >= 0.3 is 6.61 Å². The van der Waals surface area contributed by atoms with Gasteiger partial charge < -0.3 is 14.5 Å². The molecule has 1 heterocycles. The van der Waals surface area contributed by atoms with Crippen LogP contribution in [-0.2, 0) is 4.79 Å². The van der Waals surface area contributed by atoms with Gasteiger partial charge in [0.25, 0.3) is 0 Å². The molecule has 0 aliphatic heterocycles. The molecule has 6 heteroatoms. The summed E-state index contributed by atoms with van der Waals surface area (Å²) in [5.41, 5.74) is 0.779. The summed E-state index contributed by atoms with van der Waals surface area (Å²) in [6.07, 6.45) is 4.44. The molecule has 0 fully saturated rings. The molecule has 1 aromatic heterocycles. The first kappa shape index (κ1) is 15.8. The number of nitrogens with one attached hydrogen (secondary N) is 1. The largest absolute Gasteiger partial charge is 0.465 e. The molecule has 0 saturated carbocycles. The van der Waals surface area contributed by atoms with E-state index in [1.54, 1.807) is 37.3 Å². The van der Waals surface area contributed by atoms with E-state index in [0.717, 1.165) is 5.56 Å². The van der Waals surface area contributed by atoms with E-state index < -0.39 is 6.61 Å². The number of alkyl halides is 2. The molecule has 2 rings (SSSR count). The molecule has 1 amide bonds. The van der Waals surface area contributed by atoms with Gasteiger partial charge in [-0.2, -0.15) is 8.78 Å². The third kappa shape index (κ3) is 4.73. The van der Waals surface area contributed by atoms with Crippen molar-refractivity contribution in [3.63, 3.8) is 0 Å². The average Bonchev–Trinajstić information content (AvgIpc) is 2.98. The van der Waals surface area contributed by atoms with Crippen molar-refractivity contribution in [1.82, 2.24) is 5.32 Å². The summed E-state index contributed by atoms with van der Waals surface area (Å²) in [7, 11) is 0. The van der Waals surface area contributed by atoms with E-state index in [9.17, 15) is 13.6 Å². The Balaban J connectivity index is 1.91. The summed E-state index contributed by atoms with van der Waals surface area (Å²) in [4.78, 5) is 11.8. The van der Waals surface area contributed by atoms with E-state index in [1.165, 1.54) is 24.5 Å². The van der Waals surface area contributed by atoms with Gasteiger partial charge in [-0.1, -0.05) is 12.1 Å². The maximum atomic E-state index is 12.1.